The Morgan fingerprint density at radius 2 is 1.96 bits per heavy atom. The third-order valence-electron chi connectivity index (χ3n) is 4.22. The number of hydrogen-bond acceptors (Lipinski definition) is 5. The molecule has 0 aliphatic heterocycles. The van der Waals surface area contributed by atoms with Crippen LogP contribution >= 0.6 is 0 Å². The summed E-state index contributed by atoms with van der Waals surface area (Å²) in [5, 5.41) is 4.82. The number of nitrogens with two attached hydrogens (primary N) is 1. The third kappa shape index (κ3) is 6.19. The van der Waals surface area contributed by atoms with Crippen LogP contribution in [0, 0.1) is 5.92 Å². The molecule has 0 heterocycles. The molecule has 0 saturated heterocycles. The Morgan fingerprint density at radius 1 is 1.23 bits per heavy atom. The van der Waals surface area contributed by atoms with Gasteiger partial charge in [-0.25, -0.2) is 4.79 Å². The minimum Gasteiger partial charge on any atom is -0.445 e. The summed E-state index contributed by atoms with van der Waals surface area (Å²) in [6.07, 6.45) is 1.29. The van der Waals surface area contributed by atoms with Gasteiger partial charge in [-0.05, 0) is 24.3 Å². The molecule has 140 valence electrons. The van der Waals surface area contributed by atoms with E-state index in [1.165, 1.54) is 0 Å². The van der Waals surface area contributed by atoms with E-state index in [1.54, 1.807) is 0 Å². The number of alkyl carbamates (subject to hydrolysis) is 1. The highest BCUT2D eigenvalue weighted by atomic mass is 16.5. The topological polar surface area (TPSA) is 128 Å². The minimum absolute atomic E-state index is 0.0596. The quantitative estimate of drug-likeness (QED) is 0.657. The van der Waals surface area contributed by atoms with Crippen molar-refractivity contribution in [2.24, 2.45) is 11.7 Å². The van der Waals surface area contributed by atoms with Gasteiger partial charge in [0.25, 0.3) is 0 Å². The lowest BCUT2D eigenvalue weighted by Gasteiger charge is -2.28. The molecule has 1 aliphatic rings. The Bertz CT molecular complexity index is 662. The first kappa shape index (κ1) is 19.4. The van der Waals surface area contributed by atoms with Crippen molar-refractivity contribution in [3.63, 3.8) is 0 Å². The fraction of sp³-hybridized carbons (Fsp3) is 0.444. The average molecular weight is 361 g/mol. The van der Waals surface area contributed by atoms with Crippen LogP contribution in [-0.2, 0) is 25.7 Å². The number of benzene rings is 1. The maximum atomic E-state index is 12.0. The molecule has 0 unspecified atom stereocenters. The molecule has 0 aromatic heterocycles. The lowest BCUT2D eigenvalue weighted by molar-refractivity contribution is -0.130. The fourth-order valence-corrected chi connectivity index (χ4v) is 2.91. The van der Waals surface area contributed by atoms with E-state index in [9.17, 15) is 19.2 Å². The average Bonchev–Trinajstić information content (AvgIpc) is 2.63. The number of rotatable bonds is 7. The molecule has 1 aliphatic carbocycles. The van der Waals surface area contributed by atoms with Crippen LogP contribution in [0.2, 0.25) is 0 Å². The van der Waals surface area contributed by atoms with Gasteiger partial charge in [0.1, 0.15) is 25.0 Å². The van der Waals surface area contributed by atoms with Crippen molar-refractivity contribution in [2.45, 2.75) is 38.3 Å². The highest BCUT2D eigenvalue weighted by molar-refractivity contribution is 5.89. The molecule has 2 rings (SSSR count). The van der Waals surface area contributed by atoms with Crippen molar-refractivity contribution in [1.29, 1.82) is 0 Å². The van der Waals surface area contributed by atoms with Crippen LogP contribution in [-0.4, -0.2) is 36.3 Å². The Kier molecular flexibility index (Phi) is 7.13. The second-order valence-electron chi connectivity index (χ2n) is 6.26. The number of hydrogen-bond donors (Lipinski definition) is 3. The number of carbonyl (C=O) groups is 4. The Balaban J connectivity index is 1.76. The molecule has 8 nitrogen and oxygen atoms in total. The Labute approximate surface area is 151 Å². The molecule has 0 radical (unpaired) electrons. The number of ketones is 1. The summed E-state index contributed by atoms with van der Waals surface area (Å²) < 4.78 is 4.99. The van der Waals surface area contributed by atoms with Crippen LogP contribution < -0.4 is 16.4 Å². The van der Waals surface area contributed by atoms with Crippen LogP contribution in [0.1, 0.15) is 31.2 Å². The van der Waals surface area contributed by atoms with Crippen molar-refractivity contribution in [3.8, 4) is 0 Å². The van der Waals surface area contributed by atoms with E-state index < -0.39 is 23.9 Å². The molecule has 26 heavy (non-hydrogen) atoms. The summed E-state index contributed by atoms with van der Waals surface area (Å²) >= 11 is 0. The number of carbonyl (C=O) groups excluding carboxylic acids is 4. The van der Waals surface area contributed by atoms with E-state index in [1.807, 2.05) is 30.3 Å². The first-order valence-corrected chi connectivity index (χ1v) is 8.50. The van der Waals surface area contributed by atoms with E-state index in [0.717, 1.165) is 5.56 Å². The van der Waals surface area contributed by atoms with Crippen LogP contribution in [0.5, 0.6) is 0 Å². The molecule has 8 heteroatoms. The molecule has 0 spiro atoms. The molecule has 1 aromatic rings. The van der Waals surface area contributed by atoms with E-state index in [2.05, 4.69) is 10.6 Å². The molecule has 4 N–H and O–H groups in total. The van der Waals surface area contributed by atoms with Crippen LogP contribution in [0.15, 0.2) is 30.3 Å². The van der Waals surface area contributed by atoms with Crippen LogP contribution in [0.4, 0.5) is 4.79 Å². The smallest absolute Gasteiger partial charge is 0.407 e. The minimum atomic E-state index is -0.922. The molecule has 3 amide bonds. The Morgan fingerprint density at radius 3 is 2.62 bits per heavy atom. The van der Waals surface area contributed by atoms with Crippen molar-refractivity contribution in [3.05, 3.63) is 35.9 Å². The summed E-state index contributed by atoms with van der Waals surface area (Å²) in [6, 6.07) is 8.19. The second kappa shape index (κ2) is 9.55. The summed E-state index contributed by atoms with van der Waals surface area (Å²) in [6.45, 7) is -0.263. The maximum absolute atomic E-state index is 12.0. The molecule has 1 fully saturated rings. The van der Waals surface area contributed by atoms with E-state index in [0.29, 0.717) is 19.3 Å². The summed E-state index contributed by atoms with van der Waals surface area (Å²) in [5.74, 6) is -1.50. The van der Waals surface area contributed by atoms with Gasteiger partial charge < -0.3 is 21.1 Å². The van der Waals surface area contributed by atoms with E-state index in [4.69, 9.17) is 10.5 Å². The monoisotopic (exact) mass is 361 g/mol. The fourth-order valence-electron chi connectivity index (χ4n) is 2.91. The third-order valence-corrected chi connectivity index (χ3v) is 4.22. The summed E-state index contributed by atoms with van der Waals surface area (Å²) in [5.41, 5.74) is 6.17. The number of Topliss-reactive ketones (excluding diaryl/α,β-unsaturated/α-hetero) is 1. The number of primary amides is 1. The normalized spacial score (nSPS) is 17.8. The van der Waals surface area contributed by atoms with Crippen LogP contribution in [0.3, 0.4) is 0 Å². The first-order chi connectivity index (χ1) is 12.5. The zero-order valence-corrected chi connectivity index (χ0v) is 14.4. The van der Waals surface area contributed by atoms with Gasteiger partial charge in [0.05, 0.1) is 0 Å². The largest absolute Gasteiger partial charge is 0.445 e. The van der Waals surface area contributed by atoms with Gasteiger partial charge in [-0.15, -0.1) is 0 Å². The number of amides is 3. The highest BCUT2D eigenvalue weighted by Crippen LogP contribution is 2.24. The standard InChI is InChI=1S/C18H23N3O5/c19-17(24)16(13-7-4-8-14(22)9-13)21-15(23)10-20-18(25)26-11-12-5-2-1-3-6-12/h1-3,5-6,13,16H,4,7-11H2,(H2,19,24)(H,20,25)(H,21,23)/t13-,16+/m0/s1. The molecular weight excluding hydrogens is 338 g/mol. The van der Waals surface area contributed by atoms with Gasteiger partial charge in [-0.1, -0.05) is 30.3 Å². The summed E-state index contributed by atoms with van der Waals surface area (Å²) in [7, 11) is 0. The van der Waals surface area contributed by atoms with E-state index in [-0.39, 0.29) is 31.3 Å². The lowest BCUT2D eigenvalue weighted by Crippen LogP contribution is -2.52. The maximum Gasteiger partial charge on any atom is 0.407 e. The molecule has 2 atom stereocenters. The summed E-state index contributed by atoms with van der Waals surface area (Å²) in [4.78, 5) is 46.8. The van der Waals surface area contributed by atoms with E-state index >= 15 is 0 Å². The van der Waals surface area contributed by atoms with Crippen molar-refractivity contribution < 1.29 is 23.9 Å². The highest BCUT2D eigenvalue weighted by Gasteiger charge is 2.32. The Hall–Kier alpha value is -2.90. The molecule has 0 bridgehead atoms. The number of ether oxygens (including phenoxy) is 1. The predicted octanol–water partition coefficient (Wildman–Crippen LogP) is 0.642. The van der Waals surface area contributed by atoms with Gasteiger partial charge in [-0.3, -0.25) is 14.4 Å². The zero-order valence-electron chi connectivity index (χ0n) is 14.4. The van der Waals surface area contributed by atoms with Gasteiger partial charge in [0.15, 0.2) is 0 Å². The molecule has 1 aromatic carbocycles. The van der Waals surface area contributed by atoms with Gasteiger partial charge in [-0.2, -0.15) is 0 Å². The lowest BCUT2D eigenvalue weighted by atomic mass is 9.83. The van der Waals surface area contributed by atoms with Crippen molar-refractivity contribution in [2.75, 3.05) is 6.54 Å². The van der Waals surface area contributed by atoms with Crippen molar-refractivity contribution in [1.82, 2.24) is 10.6 Å². The van der Waals surface area contributed by atoms with Gasteiger partial charge in [0.2, 0.25) is 11.8 Å². The molecule has 1 saturated carbocycles. The van der Waals surface area contributed by atoms with Crippen molar-refractivity contribution >= 4 is 23.7 Å². The zero-order chi connectivity index (χ0) is 18.9. The molecular formula is C18H23N3O5. The van der Waals surface area contributed by atoms with Gasteiger partial charge >= 0.3 is 6.09 Å². The predicted molar refractivity (Wildman–Crippen MR) is 92.7 cm³/mol. The second-order valence-corrected chi connectivity index (χ2v) is 6.26. The first-order valence-electron chi connectivity index (χ1n) is 8.50. The SMILES string of the molecule is NC(=O)[C@H](NC(=O)CNC(=O)OCc1ccccc1)[C@H]1CCCC(=O)C1. The van der Waals surface area contributed by atoms with Crippen LogP contribution in [0.25, 0.3) is 0 Å². The number of nitrogens with one attached hydrogen (secondary N) is 2. The van der Waals surface area contributed by atoms with Gasteiger partial charge in [0, 0.05) is 12.8 Å².